The Bertz CT molecular complexity index is 1490. The third-order valence-corrected chi connectivity index (χ3v) is 6.43. The van der Waals surface area contributed by atoms with Crippen molar-refractivity contribution in [3.8, 4) is 12.1 Å². The number of anilines is 3. The van der Waals surface area contributed by atoms with Gasteiger partial charge in [-0.1, -0.05) is 36.4 Å². The van der Waals surface area contributed by atoms with Crippen molar-refractivity contribution in [2.45, 2.75) is 17.7 Å². The number of nitrogen functional groups attached to an aromatic ring is 1. The van der Waals surface area contributed by atoms with Crippen LogP contribution in [0.15, 0.2) is 65.6 Å². The summed E-state index contributed by atoms with van der Waals surface area (Å²) in [6, 6.07) is 21.3. The lowest BCUT2D eigenvalue weighted by atomic mass is 10.1. The number of aromatic nitrogens is 3. The first-order valence-electron chi connectivity index (χ1n) is 9.52. The minimum atomic E-state index is -4.15. The molecule has 10 heteroatoms. The van der Waals surface area contributed by atoms with E-state index in [1.54, 1.807) is 54.6 Å². The maximum absolute atomic E-state index is 13.4. The lowest BCUT2D eigenvalue weighted by molar-refractivity contribution is 0.582. The number of benzene rings is 3. The highest BCUT2D eigenvalue weighted by molar-refractivity contribution is 7.90. The third kappa shape index (κ3) is 3.95. The van der Waals surface area contributed by atoms with Gasteiger partial charge in [0.1, 0.15) is 0 Å². The molecule has 0 fully saturated rings. The van der Waals surface area contributed by atoms with Crippen molar-refractivity contribution >= 4 is 38.4 Å². The molecule has 0 amide bonds. The van der Waals surface area contributed by atoms with Crippen LogP contribution in [0.3, 0.4) is 0 Å². The largest absolute Gasteiger partial charge is 0.367 e. The Hall–Kier alpha value is -4.41. The molecule has 1 heterocycles. The number of nitrogens with one attached hydrogen (secondary N) is 1. The summed E-state index contributed by atoms with van der Waals surface area (Å²) in [7, 11) is -4.15. The Kier molecular flexibility index (Phi) is 5.46. The fourth-order valence-electron chi connectivity index (χ4n) is 3.28. The summed E-state index contributed by atoms with van der Waals surface area (Å²) in [5.41, 5.74) is 8.07. The van der Waals surface area contributed by atoms with E-state index in [0.29, 0.717) is 32.5 Å². The Morgan fingerprint density at radius 3 is 2.38 bits per heavy atom. The number of hydrogen-bond acceptors (Lipinski definition) is 8. The monoisotopic (exact) mass is 443 g/mol. The van der Waals surface area contributed by atoms with E-state index >= 15 is 0 Å². The molecule has 0 aliphatic carbocycles. The Balaban J connectivity index is 1.71. The predicted molar refractivity (Wildman–Crippen MR) is 119 cm³/mol. The van der Waals surface area contributed by atoms with Gasteiger partial charge in [-0.15, -0.1) is 9.19 Å². The average Bonchev–Trinajstić information content (AvgIpc) is 3.16. The van der Waals surface area contributed by atoms with Gasteiger partial charge in [-0.2, -0.15) is 23.9 Å². The van der Waals surface area contributed by atoms with Crippen LogP contribution in [0.1, 0.15) is 11.1 Å². The van der Waals surface area contributed by atoms with E-state index in [0.717, 1.165) is 5.56 Å². The predicted octanol–water partition coefficient (Wildman–Crippen LogP) is 3.13. The van der Waals surface area contributed by atoms with E-state index in [4.69, 9.17) is 16.3 Å². The van der Waals surface area contributed by atoms with Gasteiger partial charge in [0.2, 0.25) is 11.9 Å². The molecule has 9 nitrogen and oxygen atoms in total. The highest BCUT2D eigenvalue weighted by atomic mass is 32.2. The molecule has 0 spiro atoms. The summed E-state index contributed by atoms with van der Waals surface area (Å²) in [4.78, 5) is 4.04. The van der Waals surface area contributed by atoms with Crippen LogP contribution in [0.4, 0.5) is 17.6 Å². The summed E-state index contributed by atoms with van der Waals surface area (Å²) < 4.78 is 27.4. The molecule has 0 atom stereocenters. The first kappa shape index (κ1) is 20.8. The van der Waals surface area contributed by atoms with Crippen molar-refractivity contribution < 1.29 is 8.42 Å². The average molecular weight is 443 g/mol. The molecular formula is C22H17N7O2S. The Morgan fingerprint density at radius 2 is 1.66 bits per heavy atom. The first-order chi connectivity index (χ1) is 15.4. The van der Waals surface area contributed by atoms with E-state index in [1.807, 2.05) is 0 Å². The Morgan fingerprint density at radius 1 is 0.969 bits per heavy atom. The van der Waals surface area contributed by atoms with Gasteiger partial charge in [0.25, 0.3) is 10.0 Å². The number of hydrogen-bond donors (Lipinski definition) is 2. The zero-order valence-electron chi connectivity index (χ0n) is 16.7. The maximum atomic E-state index is 13.4. The number of nitrogens with zero attached hydrogens (tertiary/aromatic N) is 5. The van der Waals surface area contributed by atoms with E-state index < -0.39 is 10.0 Å². The summed E-state index contributed by atoms with van der Waals surface area (Å²) in [5.74, 6) is -0.275. The highest BCUT2D eigenvalue weighted by Crippen LogP contribution is 2.27. The van der Waals surface area contributed by atoms with Gasteiger partial charge >= 0.3 is 0 Å². The molecule has 0 radical (unpaired) electrons. The fourth-order valence-corrected chi connectivity index (χ4v) is 4.64. The van der Waals surface area contributed by atoms with Crippen LogP contribution in [-0.2, 0) is 22.9 Å². The lowest BCUT2D eigenvalue weighted by Gasteiger charge is -2.09. The minimum Gasteiger partial charge on any atom is -0.367 e. The lowest BCUT2D eigenvalue weighted by Crippen LogP contribution is -2.17. The zero-order chi connectivity index (χ0) is 22.7. The molecule has 4 aromatic rings. The van der Waals surface area contributed by atoms with Crippen LogP contribution in [0, 0.1) is 22.7 Å². The molecule has 1 aromatic heterocycles. The van der Waals surface area contributed by atoms with E-state index in [9.17, 15) is 8.42 Å². The van der Waals surface area contributed by atoms with E-state index in [2.05, 4.69) is 27.5 Å². The summed E-state index contributed by atoms with van der Waals surface area (Å²) in [6.07, 6.45) is 0.455. The van der Waals surface area contributed by atoms with Gasteiger partial charge in [0, 0.05) is 11.1 Å². The van der Waals surface area contributed by atoms with Crippen molar-refractivity contribution in [1.82, 2.24) is 14.2 Å². The van der Waals surface area contributed by atoms with Crippen molar-refractivity contribution in [1.29, 1.82) is 10.5 Å². The summed E-state index contributed by atoms with van der Waals surface area (Å²) in [6.45, 7) is 0. The summed E-state index contributed by atoms with van der Waals surface area (Å²) in [5, 5.41) is 25.9. The second-order valence-electron chi connectivity index (χ2n) is 6.94. The molecule has 0 saturated heterocycles. The zero-order valence-corrected chi connectivity index (χ0v) is 17.5. The summed E-state index contributed by atoms with van der Waals surface area (Å²) >= 11 is 0. The van der Waals surface area contributed by atoms with Gasteiger partial charge in [-0.05, 0) is 40.8 Å². The van der Waals surface area contributed by atoms with Crippen molar-refractivity contribution in [3.63, 3.8) is 0 Å². The van der Waals surface area contributed by atoms with Gasteiger partial charge in [0.15, 0.2) is 0 Å². The van der Waals surface area contributed by atoms with Crippen LogP contribution in [0.5, 0.6) is 0 Å². The third-order valence-electron chi connectivity index (χ3n) is 4.79. The normalized spacial score (nSPS) is 11.1. The molecule has 32 heavy (non-hydrogen) atoms. The molecule has 0 saturated carbocycles. The van der Waals surface area contributed by atoms with Crippen LogP contribution in [0.2, 0.25) is 0 Å². The standard InChI is InChI=1S/C22H17N7O2S/c23-12-10-15-5-8-18(9-6-15)26-22-27-21(25)29(28-22)32(30,31)20-3-1-2-17-7-4-16(11-13-24)14-19(17)20/h1-9,14H,10-11H2,(H3,25,26,27,28). The fraction of sp³-hybridized carbons (Fsp3) is 0.0909. The number of fused-ring (bicyclic) bond motifs is 1. The van der Waals surface area contributed by atoms with Crippen molar-refractivity contribution in [2.24, 2.45) is 0 Å². The van der Waals surface area contributed by atoms with Crippen molar-refractivity contribution in [3.05, 3.63) is 71.8 Å². The number of nitrogens with two attached hydrogens (primary N) is 1. The minimum absolute atomic E-state index is 0.0128. The molecular weight excluding hydrogens is 426 g/mol. The molecule has 0 aliphatic rings. The Labute approximate surface area is 184 Å². The van der Waals surface area contributed by atoms with Crippen LogP contribution in [0.25, 0.3) is 10.8 Å². The van der Waals surface area contributed by atoms with E-state index in [1.165, 1.54) is 6.07 Å². The number of nitriles is 2. The topological polar surface area (TPSA) is 150 Å². The van der Waals surface area contributed by atoms with Crippen LogP contribution < -0.4 is 11.1 Å². The van der Waals surface area contributed by atoms with E-state index in [-0.39, 0.29) is 23.2 Å². The smallest absolute Gasteiger partial charge is 0.286 e. The van der Waals surface area contributed by atoms with Gasteiger partial charge < -0.3 is 11.1 Å². The molecule has 158 valence electrons. The van der Waals surface area contributed by atoms with Crippen molar-refractivity contribution in [2.75, 3.05) is 11.1 Å². The second kappa shape index (κ2) is 8.38. The second-order valence-corrected chi connectivity index (χ2v) is 8.68. The quantitative estimate of drug-likeness (QED) is 0.461. The van der Waals surface area contributed by atoms with Crippen LogP contribution in [-0.4, -0.2) is 22.6 Å². The SMILES string of the molecule is N#CCc1ccc(Nc2nc(N)n(S(=O)(=O)c3cccc4ccc(CC#N)cc34)n2)cc1. The van der Waals surface area contributed by atoms with Gasteiger partial charge in [0.05, 0.1) is 29.9 Å². The maximum Gasteiger partial charge on any atom is 0.286 e. The first-order valence-corrected chi connectivity index (χ1v) is 11.0. The molecule has 0 aliphatic heterocycles. The molecule has 3 aromatic carbocycles. The number of rotatable bonds is 6. The van der Waals surface area contributed by atoms with Crippen LogP contribution >= 0.6 is 0 Å². The molecule has 4 rings (SSSR count). The molecule has 3 N–H and O–H groups in total. The molecule has 0 unspecified atom stereocenters. The highest BCUT2D eigenvalue weighted by Gasteiger charge is 2.25. The molecule has 0 bridgehead atoms. The van der Waals surface area contributed by atoms with Gasteiger partial charge in [-0.3, -0.25) is 0 Å². The van der Waals surface area contributed by atoms with Gasteiger partial charge in [-0.25, -0.2) is 0 Å².